The summed E-state index contributed by atoms with van der Waals surface area (Å²) in [6, 6.07) is 14.7. The fourth-order valence-electron chi connectivity index (χ4n) is 2.43. The fourth-order valence-corrected chi connectivity index (χ4v) is 4.30. The molecule has 120 valence electrons. The van der Waals surface area contributed by atoms with Crippen molar-refractivity contribution >= 4 is 33.3 Å². The zero-order valence-corrected chi connectivity index (χ0v) is 14.4. The van der Waals surface area contributed by atoms with Crippen molar-refractivity contribution in [3.8, 4) is 11.4 Å². The monoisotopic (exact) mass is 356 g/mol. The number of benzene rings is 2. The van der Waals surface area contributed by atoms with Crippen LogP contribution in [0.15, 0.2) is 53.7 Å². The van der Waals surface area contributed by atoms with Gasteiger partial charge in [-0.25, -0.2) is 9.37 Å². The van der Waals surface area contributed by atoms with E-state index in [1.54, 1.807) is 41.3 Å². The number of aromatic nitrogens is 4. The van der Waals surface area contributed by atoms with Crippen LogP contribution < -0.4 is 0 Å². The number of hydrogen-bond donors (Lipinski definition) is 0. The van der Waals surface area contributed by atoms with Crippen molar-refractivity contribution in [1.82, 2.24) is 19.7 Å². The second-order valence-corrected chi connectivity index (χ2v) is 7.27. The van der Waals surface area contributed by atoms with Crippen LogP contribution in [0.4, 0.5) is 4.39 Å². The van der Waals surface area contributed by atoms with E-state index in [2.05, 4.69) is 21.2 Å². The van der Waals surface area contributed by atoms with E-state index in [0.717, 1.165) is 15.7 Å². The van der Waals surface area contributed by atoms with Crippen LogP contribution >= 0.6 is 23.1 Å². The van der Waals surface area contributed by atoms with Crippen molar-refractivity contribution < 1.29 is 4.39 Å². The highest BCUT2D eigenvalue weighted by atomic mass is 32.2. The molecule has 0 aliphatic rings. The minimum absolute atomic E-state index is 0.296. The van der Waals surface area contributed by atoms with Crippen LogP contribution in [0.2, 0.25) is 0 Å². The van der Waals surface area contributed by atoms with Gasteiger partial charge < -0.3 is 4.57 Å². The molecule has 4 rings (SSSR count). The summed E-state index contributed by atoms with van der Waals surface area (Å²) in [7, 11) is 1.85. The normalized spacial score (nSPS) is 11.2. The van der Waals surface area contributed by atoms with Gasteiger partial charge in [0.05, 0.1) is 21.5 Å². The summed E-state index contributed by atoms with van der Waals surface area (Å²) >= 11 is 3.23. The molecule has 0 radical (unpaired) electrons. The Balaban J connectivity index is 1.56. The molecule has 4 nitrogen and oxygen atoms in total. The number of nitrogens with zero attached hydrogens (tertiary/aromatic N) is 4. The van der Waals surface area contributed by atoms with Gasteiger partial charge in [0.15, 0.2) is 11.0 Å². The Kier molecular flexibility index (Phi) is 4.03. The first-order chi connectivity index (χ1) is 11.7. The Morgan fingerprint density at radius 2 is 1.88 bits per heavy atom. The topological polar surface area (TPSA) is 43.6 Å². The van der Waals surface area contributed by atoms with Crippen molar-refractivity contribution in [2.75, 3.05) is 0 Å². The van der Waals surface area contributed by atoms with Crippen LogP contribution in [0, 0.1) is 5.82 Å². The molecule has 0 N–H and O–H groups in total. The molecule has 0 saturated carbocycles. The predicted octanol–water partition coefficient (Wildman–Crippen LogP) is 4.52. The smallest absolute Gasteiger partial charge is 0.191 e. The van der Waals surface area contributed by atoms with Gasteiger partial charge in [-0.15, -0.1) is 21.5 Å². The molecule has 0 bridgehead atoms. The van der Waals surface area contributed by atoms with E-state index in [9.17, 15) is 4.39 Å². The first-order valence-corrected chi connectivity index (χ1v) is 9.14. The fraction of sp³-hybridized carbons (Fsp3) is 0.118. The zero-order chi connectivity index (χ0) is 16.5. The molecular weight excluding hydrogens is 343 g/mol. The lowest BCUT2D eigenvalue weighted by atomic mass is 10.2. The van der Waals surface area contributed by atoms with Crippen LogP contribution in [0.1, 0.15) is 5.01 Å². The largest absolute Gasteiger partial charge is 0.305 e. The first kappa shape index (κ1) is 15.3. The minimum Gasteiger partial charge on any atom is -0.305 e. The average molecular weight is 356 g/mol. The predicted molar refractivity (Wildman–Crippen MR) is 95.6 cm³/mol. The lowest BCUT2D eigenvalue weighted by Gasteiger charge is -2.04. The van der Waals surface area contributed by atoms with Gasteiger partial charge in [-0.3, -0.25) is 0 Å². The third-order valence-electron chi connectivity index (χ3n) is 3.61. The summed E-state index contributed by atoms with van der Waals surface area (Å²) in [6.45, 7) is 0. The summed E-state index contributed by atoms with van der Waals surface area (Å²) in [4.78, 5) is 4.62. The van der Waals surface area contributed by atoms with Crippen LogP contribution in [-0.4, -0.2) is 19.7 Å². The van der Waals surface area contributed by atoms with Gasteiger partial charge in [-0.2, -0.15) is 0 Å². The van der Waals surface area contributed by atoms with Gasteiger partial charge in [0.1, 0.15) is 10.8 Å². The quantitative estimate of drug-likeness (QED) is 0.504. The van der Waals surface area contributed by atoms with Gasteiger partial charge in [0.2, 0.25) is 0 Å². The Bertz CT molecular complexity index is 976. The lowest BCUT2D eigenvalue weighted by Crippen LogP contribution is -1.96. The Morgan fingerprint density at radius 1 is 1.08 bits per heavy atom. The number of thiazole rings is 1. The highest BCUT2D eigenvalue weighted by Crippen LogP contribution is 2.29. The minimum atomic E-state index is -0.296. The van der Waals surface area contributed by atoms with Gasteiger partial charge in [0.25, 0.3) is 0 Å². The molecule has 7 heteroatoms. The van der Waals surface area contributed by atoms with E-state index in [-0.39, 0.29) is 5.82 Å². The number of hydrogen-bond acceptors (Lipinski definition) is 5. The number of rotatable bonds is 4. The van der Waals surface area contributed by atoms with Crippen LogP contribution in [0.5, 0.6) is 0 Å². The van der Waals surface area contributed by atoms with Crippen LogP contribution in [0.25, 0.3) is 21.6 Å². The molecule has 0 atom stereocenters. The Labute approximate surface area is 146 Å². The van der Waals surface area contributed by atoms with Crippen molar-refractivity contribution in [2.45, 2.75) is 10.9 Å². The Hall–Kier alpha value is -2.25. The molecule has 0 saturated heterocycles. The number of halogens is 1. The molecule has 4 aromatic rings. The van der Waals surface area contributed by atoms with E-state index in [1.807, 2.05) is 29.8 Å². The number of para-hydroxylation sites is 1. The van der Waals surface area contributed by atoms with Crippen LogP contribution in [0.3, 0.4) is 0 Å². The van der Waals surface area contributed by atoms with E-state index >= 15 is 0 Å². The van der Waals surface area contributed by atoms with Gasteiger partial charge in [-0.1, -0.05) is 36.0 Å². The van der Waals surface area contributed by atoms with Crippen molar-refractivity contribution in [1.29, 1.82) is 0 Å². The van der Waals surface area contributed by atoms with E-state index < -0.39 is 0 Å². The molecule has 0 fully saturated rings. The molecule has 2 heterocycles. The van der Waals surface area contributed by atoms with Gasteiger partial charge >= 0.3 is 0 Å². The third kappa shape index (κ3) is 2.81. The van der Waals surface area contributed by atoms with E-state index in [0.29, 0.717) is 17.1 Å². The maximum absolute atomic E-state index is 13.9. The molecule has 0 amide bonds. The summed E-state index contributed by atoms with van der Waals surface area (Å²) in [5, 5.41) is 10.1. The molecular formula is C17H13FN4S2. The molecule has 2 aromatic carbocycles. The summed E-state index contributed by atoms with van der Waals surface area (Å²) in [5.74, 6) is 0.943. The number of fused-ring (bicyclic) bond motifs is 1. The zero-order valence-electron chi connectivity index (χ0n) is 12.8. The second-order valence-electron chi connectivity index (χ2n) is 5.21. The lowest BCUT2D eigenvalue weighted by molar-refractivity contribution is 0.628. The van der Waals surface area contributed by atoms with Crippen molar-refractivity contribution in [3.63, 3.8) is 0 Å². The first-order valence-electron chi connectivity index (χ1n) is 7.34. The summed E-state index contributed by atoms with van der Waals surface area (Å²) in [6.07, 6.45) is 0. The van der Waals surface area contributed by atoms with Crippen molar-refractivity contribution in [3.05, 3.63) is 59.4 Å². The SMILES string of the molecule is Cn1c(SCc2nc3ccccc3s2)nnc1-c1ccccc1F. The molecule has 0 unspecified atom stereocenters. The molecule has 0 aliphatic heterocycles. The molecule has 24 heavy (non-hydrogen) atoms. The van der Waals surface area contributed by atoms with Gasteiger partial charge in [-0.05, 0) is 24.3 Å². The number of thioether (sulfide) groups is 1. The average Bonchev–Trinajstić information content (AvgIpc) is 3.17. The standard InChI is InChI=1S/C17H13FN4S2/c1-22-16(11-6-2-3-7-12(11)18)20-21-17(22)23-10-15-19-13-8-4-5-9-14(13)24-15/h2-9H,10H2,1H3. The second kappa shape index (κ2) is 6.33. The Morgan fingerprint density at radius 3 is 2.71 bits per heavy atom. The van der Waals surface area contributed by atoms with E-state index in [4.69, 9.17) is 0 Å². The van der Waals surface area contributed by atoms with Crippen molar-refractivity contribution in [2.24, 2.45) is 7.05 Å². The maximum atomic E-state index is 13.9. The molecule has 0 aliphatic carbocycles. The highest BCUT2D eigenvalue weighted by Gasteiger charge is 2.15. The molecule has 0 spiro atoms. The van der Waals surface area contributed by atoms with Crippen LogP contribution in [-0.2, 0) is 12.8 Å². The highest BCUT2D eigenvalue weighted by molar-refractivity contribution is 7.98. The van der Waals surface area contributed by atoms with E-state index in [1.165, 1.54) is 10.8 Å². The van der Waals surface area contributed by atoms with Gasteiger partial charge in [0, 0.05) is 7.05 Å². The third-order valence-corrected chi connectivity index (χ3v) is 5.86. The maximum Gasteiger partial charge on any atom is 0.191 e. The summed E-state index contributed by atoms with van der Waals surface area (Å²) < 4.78 is 16.9. The summed E-state index contributed by atoms with van der Waals surface area (Å²) in [5.41, 5.74) is 1.47. The molecule has 2 aromatic heterocycles.